The summed E-state index contributed by atoms with van der Waals surface area (Å²) in [6, 6.07) is 5.03. The maximum absolute atomic E-state index is 15.4. The SMILES string of the molecule is CC(C)(C)C[C@@H]1CN(C(=O)CC(=O)O)[C@H](C2CC=CC(Cl)=C2F)[C@@]1(C#N)c1ccc(Cl)cc1F. The van der Waals surface area contributed by atoms with Crippen LogP contribution in [-0.4, -0.2) is 34.5 Å². The average molecular weight is 511 g/mol. The van der Waals surface area contributed by atoms with Gasteiger partial charge in [0.15, 0.2) is 0 Å². The number of hydrogen-bond donors (Lipinski definition) is 1. The van der Waals surface area contributed by atoms with E-state index in [0.717, 1.165) is 6.07 Å². The summed E-state index contributed by atoms with van der Waals surface area (Å²) in [5.41, 5.74) is -1.99. The number of likely N-dealkylation sites (tertiary alicyclic amines) is 1. The summed E-state index contributed by atoms with van der Waals surface area (Å²) < 4.78 is 30.8. The quantitative estimate of drug-likeness (QED) is 0.494. The first-order chi connectivity index (χ1) is 15.8. The van der Waals surface area contributed by atoms with Gasteiger partial charge in [0, 0.05) is 29.0 Å². The highest BCUT2D eigenvalue weighted by atomic mass is 35.5. The monoisotopic (exact) mass is 510 g/mol. The van der Waals surface area contributed by atoms with Gasteiger partial charge in [-0.05, 0) is 36.5 Å². The lowest BCUT2D eigenvalue weighted by Crippen LogP contribution is -2.51. The van der Waals surface area contributed by atoms with Crippen LogP contribution in [0.5, 0.6) is 0 Å². The van der Waals surface area contributed by atoms with Crippen molar-refractivity contribution in [3.8, 4) is 6.07 Å². The Morgan fingerprint density at radius 2 is 1.97 bits per heavy atom. The van der Waals surface area contributed by atoms with Crippen LogP contribution in [0.15, 0.2) is 41.2 Å². The van der Waals surface area contributed by atoms with E-state index in [-0.39, 0.29) is 34.0 Å². The first-order valence-electron chi connectivity index (χ1n) is 10.9. The minimum absolute atomic E-state index is 0.00255. The predicted octanol–water partition coefficient (Wildman–Crippen LogP) is 5.97. The number of nitriles is 1. The smallest absolute Gasteiger partial charge is 0.312 e. The molecule has 34 heavy (non-hydrogen) atoms. The second-order valence-electron chi connectivity index (χ2n) is 10.1. The van der Waals surface area contributed by atoms with Crippen molar-refractivity contribution in [1.82, 2.24) is 4.90 Å². The molecule has 1 N–H and O–H groups in total. The zero-order valence-electron chi connectivity index (χ0n) is 19.1. The number of nitrogens with zero attached hydrogens (tertiary/aromatic N) is 2. The van der Waals surface area contributed by atoms with Gasteiger partial charge in [0.05, 0.1) is 17.1 Å². The Kier molecular flexibility index (Phi) is 7.45. The van der Waals surface area contributed by atoms with Crippen LogP contribution >= 0.6 is 23.2 Å². The van der Waals surface area contributed by atoms with Crippen molar-refractivity contribution in [2.24, 2.45) is 17.3 Å². The molecule has 1 aromatic carbocycles. The number of carbonyl (C=O) groups excluding carboxylic acids is 1. The summed E-state index contributed by atoms with van der Waals surface area (Å²) >= 11 is 12.0. The lowest BCUT2D eigenvalue weighted by Gasteiger charge is -2.41. The van der Waals surface area contributed by atoms with E-state index in [1.807, 2.05) is 20.8 Å². The second kappa shape index (κ2) is 9.67. The fourth-order valence-electron chi connectivity index (χ4n) is 5.34. The molecule has 5 nitrogen and oxygen atoms in total. The third kappa shape index (κ3) is 4.85. The Hall–Kier alpha value is -2.43. The van der Waals surface area contributed by atoms with E-state index in [0.29, 0.717) is 6.42 Å². The van der Waals surface area contributed by atoms with E-state index in [9.17, 15) is 20.0 Å². The Morgan fingerprint density at radius 3 is 2.53 bits per heavy atom. The molecule has 182 valence electrons. The van der Waals surface area contributed by atoms with Crippen LogP contribution in [0.4, 0.5) is 8.78 Å². The van der Waals surface area contributed by atoms with Crippen molar-refractivity contribution < 1.29 is 23.5 Å². The number of carboxylic acids is 1. The fourth-order valence-corrected chi connectivity index (χ4v) is 5.73. The highest BCUT2D eigenvalue weighted by Gasteiger charge is 2.61. The Labute approximate surface area is 207 Å². The summed E-state index contributed by atoms with van der Waals surface area (Å²) in [7, 11) is 0. The van der Waals surface area contributed by atoms with E-state index in [2.05, 4.69) is 6.07 Å². The molecule has 9 heteroatoms. The van der Waals surface area contributed by atoms with Gasteiger partial charge >= 0.3 is 5.97 Å². The van der Waals surface area contributed by atoms with Crippen LogP contribution in [0.3, 0.4) is 0 Å². The summed E-state index contributed by atoms with van der Waals surface area (Å²) in [4.78, 5) is 25.7. The summed E-state index contributed by atoms with van der Waals surface area (Å²) in [5, 5.41) is 19.9. The van der Waals surface area contributed by atoms with Crippen LogP contribution < -0.4 is 0 Å². The fraction of sp³-hybridized carbons (Fsp3) is 0.480. The number of carboxylic acid groups (broad SMARTS) is 1. The number of allylic oxidation sites excluding steroid dienone is 3. The molecule has 1 heterocycles. The normalized spacial score (nSPS) is 27.1. The van der Waals surface area contributed by atoms with Gasteiger partial charge in [0.25, 0.3) is 0 Å². The molecule has 1 aliphatic heterocycles. The van der Waals surface area contributed by atoms with Crippen LogP contribution in [0.25, 0.3) is 0 Å². The van der Waals surface area contributed by atoms with Gasteiger partial charge in [0.2, 0.25) is 5.91 Å². The number of hydrogen-bond acceptors (Lipinski definition) is 3. The summed E-state index contributed by atoms with van der Waals surface area (Å²) in [5.74, 6) is -5.22. The number of benzene rings is 1. The molecule has 4 atom stereocenters. The largest absolute Gasteiger partial charge is 0.481 e. The lowest BCUT2D eigenvalue weighted by molar-refractivity contribution is -0.145. The lowest BCUT2D eigenvalue weighted by atomic mass is 9.61. The van der Waals surface area contributed by atoms with E-state index in [4.69, 9.17) is 23.2 Å². The van der Waals surface area contributed by atoms with E-state index in [1.54, 1.807) is 6.08 Å². The van der Waals surface area contributed by atoms with Crippen LogP contribution in [0.1, 0.15) is 45.6 Å². The van der Waals surface area contributed by atoms with Crippen LogP contribution in [0.2, 0.25) is 5.02 Å². The molecule has 0 bridgehead atoms. The molecule has 3 rings (SSSR count). The van der Waals surface area contributed by atoms with Crippen molar-refractivity contribution in [3.63, 3.8) is 0 Å². The average Bonchev–Trinajstić information content (AvgIpc) is 3.02. The van der Waals surface area contributed by atoms with Gasteiger partial charge in [0.1, 0.15) is 23.5 Å². The summed E-state index contributed by atoms with van der Waals surface area (Å²) in [6.07, 6.45) is 2.72. The van der Waals surface area contributed by atoms with Gasteiger partial charge in [-0.25, -0.2) is 8.78 Å². The van der Waals surface area contributed by atoms with Crippen LogP contribution in [0, 0.1) is 34.4 Å². The van der Waals surface area contributed by atoms with Gasteiger partial charge in [-0.3, -0.25) is 9.59 Å². The highest BCUT2D eigenvalue weighted by Crippen LogP contribution is 2.54. The Bertz CT molecular complexity index is 1110. The van der Waals surface area contributed by atoms with Crippen LogP contribution in [-0.2, 0) is 15.0 Å². The molecule has 0 saturated carbocycles. The van der Waals surface area contributed by atoms with Crippen molar-refractivity contribution in [2.45, 2.75) is 51.5 Å². The minimum Gasteiger partial charge on any atom is -0.481 e. The Morgan fingerprint density at radius 1 is 1.29 bits per heavy atom. The minimum atomic E-state index is -1.67. The maximum atomic E-state index is 15.4. The zero-order valence-corrected chi connectivity index (χ0v) is 20.6. The molecule has 1 unspecified atom stereocenters. The highest BCUT2D eigenvalue weighted by molar-refractivity contribution is 6.31. The molecule has 1 fully saturated rings. The molecule has 0 spiro atoms. The van der Waals surface area contributed by atoms with E-state index < -0.39 is 53.2 Å². The summed E-state index contributed by atoms with van der Waals surface area (Å²) in [6.45, 7) is 5.83. The first-order valence-corrected chi connectivity index (χ1v) is 11.7. The van der Waals surface area contributed by atoms with E-state index in [1.165, 1.54) is 23.1 Å². The van der Waals surface area contributed by atoms with E-state index >= 15 is 8.78 Å². The molecule has 1 amide bonds. The Balaban J connectivity index is 2.31. The molecule has 1 aromatic rings. The predicted molar refractivity (Wildman–Crippen MR) is 125 cm³/mol. The van der Waals surface area contributed by atoms with Gasteiger partial charge in [-0.2, -0.15) is 5.26 Å². The molecular formula is C25H26Cl2F2N2O3. The molecule has 0 aromatic heterocycles. The van der Waals surface area contributed by atoms with Crippen molar-refractivity contribution in [1.29, 1.82) is 5.26 Å². The first kappa shape index (κ1) is 26.2. The standard InChI is InChI=1S/C25H26Cl2F2N2O3/c1-24(2,3)11-14-12-31(20(32)10-21(33)34)23(16-5-4-6-18(27)22(16)29)25(14,13-30)17-8-7-15(26)9-19(17)28/h4,6-9,14,16,23H,5,10-12H2,1-3H3,(H,33,34)/t14-,16?,23-,25-/m1/s1. The molecular weight excluding hydrogens is 485 g/mol. The third-order valence-electron chi connectivity index (χ3n) is 6.50. The van der Waals surface area contributed by atoms with Crippen molar-refractivity contribution in [2.75, 3.05) is 6.54 Å². The number of rotatable bonds is 5. The third-order valence-corrected chi connectivity index (χ3v) is 7.04. The molecule has 1 aliphatic carbocycles. The molecule has 1 saturated heterocycles. The van der Waals surface area contributed by atoms with Crippen molar-refractivity contribution in [3.05, 3.63) is 57.6 Å². The number of carbonyl (C=O) groups is 2. The number of aliphatic carboxylic acids is 1. The molecule has 0 radical (unpaired) electrons. The number of amides is 1. The maximum Gasteiger partial charge on any atom is 0.312 e. The number of halogens is 4. The van der Waals surface area contributed by atoms with Gasteiger partial charge in [-0.15, -0.1) is 0 Å². The van der Waals surface area contributed by atoms with Crippen molar-refractivity contribution >= 4 is 35.1 Å². The molecule has 2 aliphatic rings. The van der Waals surface area contributed by atoms with Gasteiger partial charge < -0.3 is 10.0 Å². The second-order valence-corrected chi connectivity index (χ2v) is 10.9. The zero-order chi connectivity index (χ0) is 25.4. The topological polar surface area (TPSA) is 81.4 Å². The van der Waals surface area contributed by atoms with Gasteiger partial charge in [-0.1, -0.05) is 56.1 Å².